The lowest BCUT2D eigenvalue weighted by molar-refractivity contribution is 0.102. The molecule has 0 aliphatic heterocycles. The monoisotopic (exact) mass is 305 g/mol. The molecule has 0 atom stereocenters. The lowest BCUT2D eigenvalue weighted by Crippen LogP contribution is -2.26. The van der Waals surface area contributed by atoms with Crippen molar-refractivity contribution in [1.29, 1.82) is 0 Å². The predicted molar refractivity (Wildman–Crippen MR) is 88.4 cm³/mol. The second-order valence-electron chi connectivity index (χ2n) is 5.02. The van der Waals surface area contributed by atoms with E-state index >= 15 is 0 Å². The van der Waals surface area contributed by atoms with Crippen molar-refractivity contribution in [3.05, 3.63) is 94.4 Å². The summed E-state index contributed by atoms with van der Waals surface area (Å²) < 4.78 is 1.29. The summed E-state index contributed by atoms with van der Waals surface area (Å²) in [4.78, 5) is 24.2. The molecule has 0 aliphatic carbocycles. The number of amides is 1. The van der Waals surface area contributed by atoms with E-state index in [2.05, 4.69) is 10.4 Å². The van der Waals surface area contributed by atoms with Gasteiger partial charge in [0, 0.05) is 11.8 Å². The van der Waals surface area contributed by atoms with Crippen molar-refractivity contribution in [2.45, 2.75) is 6.54 Å². The molecule has 3 rings (SSSR count). The third-order valence-corrected chi connectivity index (χ3v) is 3.31. The fourth-order valence-electron chi connectivity index (χ4n) is 2.16. The summed E-state index contributed by atoms with van der Waals surface area (Å²) >= 11 is 0. The molecule has 5 heteroatoms. The summed E-state index contributed by atoms with van der Waals surface area (Å²) in [6.07, 6.45) is 0. The normalized spacial score (nSPS) is 10.3. The van der Waals surface area contributed by atoms with Crippen LogP contribution in [0.1, 0.15) is 16.1 Å². The highest BCUT2D eigenvalue weighted by Crippen LogP contribution is 2.07. The van der Waals surface area contributed by atoms with Crippen LogP contribution in [0, 0.1) is 0 Å². The van der Waals surface area contributed by atoms with Gasteiger partial charge in [-0.3, -0.25) is 9.59 Å². The van der Waals surface area contributed by atoms with Crippen LogP contribution in [0.15, 0.2) is 77.6 Å². The second-order valence-corrected chi connectivity index (χ2v) is 5.02. The quantitative estimate of drug-likeness (QED) is 0.805. The number of anilines is 1. The molecule has 1 amide bonds. The topological polar surface area (TPSA) is 64.0 Å². The maximum Gasteiger partial charge on any atom is 0.276 e. The molecular weight excluding hydrogens is 290 g/mol. The maximum atomic E-state index is 12.2. The Balaban J connectivity index is 1.82. The van der Waals surface area contributed by atoms with Gasteiger partial charge >= 0.3 is 0 Å². The molecule has 0 fully saturated rings. The van der Waals surface area contributed by atoms with Crippen molar-refractivity contribution >= 4 is 11.6 Å². The standard InChI is InChI=1S/C18H15N3O2/c22-17-12-11-16(18(23)19-15-9-5-2-6-10-15)20-21(17)13-14-7-3-1-4-8-14/h1-12H,13H2,(H,19,23). The molecule has 0 aliphatic rings. The first kappa shape index (κ1) is 14.7. The van der Waals surface area contributed by atoms with Gasteiger partial charge in [-0.2, -0.15) is 5.10 Å². The van der Waals surface area contributed by atoms with Crippen LogP contribution >= 0.6 is 0 Å². The Morgan fingerprint density at radius 3 is 2.26 bits per heavy atom. The summed E-state index contributed by atoms with van der Waals surface area (Å²) in [5.74, 6) is -0.349. The number of carbonyl (C=O) groups is 1. The number of aromatic nitrogens is 2. The molecule has 0 saturated heterocycles. The summed E-state index contributed by atoms with van der Waals surface area (Å²) in [6, 6.07) is 21.4. The number of benzene rings is 2. The zero-order valence-corrected chi connectivity index (χ0v) is 12.3. The van der Waals surface area contributed by atoms with E-state index in [0.29, 0.717) is 12.2 Å². The molecule has 0 radical (unpaired) electrons. The molecular formula is C18H15N3O2. The zero-order chi connectivity index (χ0) is 16.1. The predicted octanol–water partition coefficient (Wildman–Crippen LogP) is 2.54. The number of hydrogen-bond donors (Lipinski definition) is 1. The van der Waals surface area contributed by atoms with Crippen molar-refractivity contribution in [2.75, 3.05) is 5.32 Å². The fourth-order valence-corrected chi connectivity index (χ4v) is 2.16. The van der Waals surface area contributed by atoms with Gasteiger partial charge in [-0.25, -0.2) is 4.68 Å². The second kappa shape index (κ2) is 6.70. The van der Waals surface area contributed by atoms with Gasteiger partial charge in [0.1, 0.15) is 5.69 Å². The van der Waals surface area contributed by atoms with E-state index in [1.54, 1.807) is 12.1 Å². The first-order valence-corrected chi connectivity index (χ1v) is 7.21. The summed E-state index contributed by atoms with van der Waals surface area (Å²) in [5.41, 5.74) is 1.58. The van der Waals surface area contributed by atoms with E-state index in [0.717, 1.165) is 5.56 Å². The molecule has 0 spiro atoms. The highest BCUT2D eigenvalue weighted by atomic mass is 16.2. The van der Waals surface area contributed by atoms with Crippen LogP contribution in [-0.4, -0.2) is 15.7 Å². The number of carbonyl (C=O) groups excluding carboxylic acids is 1. The van der Waals surface area contributed by atoms with Crippen LogP contribution in [-0.2, 0) is 6.54 Å². The van der Waals surface area contributed by atoms with E-state index in [9.17, 15) is 9.59 Å². The largest absolute Gasteiger partial charge is 0.321 e. The maximum absolute atomic E-state index is 12.2. The first-order valence-electron chi connectivity index (χ1n) is 7.21. The summed E-state index contributed by atoms with van der Waals surface area (Å²) in [5, 5.41) is 6.91. The molecule has 0 unspecified atom stereocenters. The Labute approximate surface area is 133 Å². The highest BCUT2D eigenvalue weighted by molar-refractivity contribution is 6.02. The Hall–Kier alpha value is -3.21. The van der Waals surface area contributed by atoms with Gasteiger partial charge < -0.3 is 5.32 Å². The van der Waals surface area contributed by atoms with Gasteiger partial charge in [0.05, 0.1) is 6.54 Å². The molecule has 23 heavy (non-hydrogen) atoms. The molecule has 114 valence electrons. The van der Waals surface area contributed by atoms with Gasteiger partial charge in [0.15, 0.2) is 0 Å². The van der Waals surface area contributed by atoms with Gasteiger partial charge in [0.25, 0.3) is 11.5 Å². The van der Waals surface area contributed by atoms with Crippen LogP contribution in [0.5, 0.6) is 0 Å². The van der Waals surface area contributed by atoms with Crippen LogP contribution in [0.3, 0.4) is 0 Å². The van der Waals surface area contributed by atoms with Crippen LogP contribution in [0.25, 0.3) is 0 Å². The SMILES string of the molecule is O=C(Nc1ccccc1)c1ccc(=O)n(Cc2ccccc2)n1. The van der Waals surface area contributed by atoms with Crippen molar-refractivity contribution in [2.24, 2.45) is 0 Å². The number of para-hydroxylation sites is 1. The highest BCUT2D eigenvalue weighted by Gasteiger charge is 2.10. The number of hydrogen-bond acceptors (Lipinski definition) is 3. The number of rotatable bonds is 4. The molecule has 5 nitrogen and oxygen atoms in total. The van der Waals surface area contributed by atoms with Gasteiger partial charge in [-0.15, -0.1) is 0 Å². The molecule has 2 aromatic carbocycles. The van der Waals surface area contributed by atoms with E-state index in [1.807, 2.05) is 48.5 Å². The molecule has 0 saturated carbocycles. The van der Waals surface area contributed by atoms with E-state index < -0.39 is 0 Å². The first-order chi connectivity index (χ1) is 11.2. The number of nitrogens with one attached hydrogen (secondary N) is 1. The van der Waals surface area contributed by atoms with Gasteiger partial charge in [-0.05, 0) is 23.8 Å². The van der Waals surface area contributed by atoms with Crippen molar-refractivity contribution in [3.8, 4) is 0 Å². The van der Waals surface area contributed by atoms with Gasteiger partial charge in [0.2, 0.25) is 0 Å². The summed E-state index contributed by atoms with van der Waals surface area (Å²) in [6.45, 7) is 0.326. The van der Waals surface area contributed by atoms with Crippen LogP contribution in [0.2, 0.25) is 0 Å². The van der Waals surface area contributed by atoms with Crippen LogP contribution < -0.4 is 10.9 Å². The van der Waals surface area contributed by atoms with E-state index in [-0.39, 0.29) is 17.2 Å². The minimum atomic E-state index is -0.349. The minimum absolute atomic E-state index is 0.199. The van der Waals surface area contributed by atoms with Crippen molar-refractivity contribution in [3.63, 3.8) is 0 Å². The average Bonchev–Trinajstić information content (AvgIpc) is 2.58. The van der Waals surface area contributed by atoms with Crippen molar-refractivity contribution < 1.29 is 4.79 Å². The summed E-state index contributed by atoms with van der Waals surface area (Å²) in [7, 11) is 0. The van der Waals surface area contributed by atoms with Crippen LogP contribution in [0.4, 0.5) is 5.69 Å². The zero-order valence-electron chi connectivity index (χ0n) is 12.3. The Morgan fingerprint density at radius 1 is 0.913 bits per heavy atom. The molecule has 0 bridgehead atoms. The van der Waals surface area contributed by atoms with E-state index in [1.165, 1.54) is 16.8 Å². The Kier molecular flexibility index (Phi) is 4.29. The lowest BCUT2D eigenvalue weighted by Gasteiger charge is -2.08. The fraction of sp³-hybridized carbons (Fsp3) is 0.0556. The third kappa shape index (κ3) is 3.71. The van der Waals surface area contributed by atoms with Gasteiger partial charge in [-0.1, -0.05) is 48.5 Å². The Bertz CT molecular complexity index is 858. The number of nitrogens with zero attached hydrogens (tertiary/aromatic N) is 2. The van der Waals surface area contributed by atoms with Crippen molar-refractivity contribution in [1.82, 2.24) is 9.78 Å². The minimum Gasteiger partial charge on any atom is -0.321 e. The average molecular weight is 305 g/mol. The molecule has 1 N–H and O–H groups in total. The smallest absolute Gasteiger partial charge is 0.276 e. The van der Waals surface area contributed by atoms with E-state index in [4.69, 9.17) is 0 Å². The molecule has 3 aromatic rings. The molecule has 1 aromatic heterocycles. The lowest BCUT2D eigenvalue weighted by atomic mass is 10.2. The third-order valence-electron chi connectivity index (χ3n) is 3.31. The molecule has 1 heterocycles. The Morgan fingerprint density at radius 2 is 1.57 bits per heavy atom.